The lowest BCUT2D eigenvalue weighted by Crippen LogP contribution is -2.41. The molecule has 27 heavy (non-hydrogen) atoms. The van der Waals surface area contributed by atoms with Gasteiger partial charge < -0.3 is 0 Å². The van der Waals surface area contributed by atoms with Gasteiger partial charge in [0.25, 0.3) is 11.8 Å². The van der Waals surface area contributed by atoms with Crippen molar-refractivity contribution in [3.05, 3.63) is 64.2 Å². The summed E-state index contributed by atoms with van der Waals surface area (Å²) in [5, 5.41) is 0.0170. The molecule has 0 atom stereocenters. The minimum Gasteiger partial charge on any atom is -0.267 e. The lowest BCUT2D eigenvalue weighted by Gasteiger charge is -2.11. The zero-order chi connectivity index (χ0) is 19.6. The van der Waals surface area contributed by atoms with E-state index in [0.717, 1.165) is 18.4 Å². The molecule has 1 aliphatic carbocycles. The van der Waals surface area contributed by atoms with Gasteiger partial charge in [0.05, 0.1) is 5.02 Å². The Morgan fingerprint density at radius 2 is 1.52 bits per heavy atom. The Bertz CT molecular complexity index is 986. The molecule has 2 aromatic rings. The van der Waals surface area contributed by atoms with Crippen LogP contribution in [0.1, 0.15) is 39.1 Å². The van der Waals surface area contributed by atoms with E-state index in [1.807, 2.05) is 6.92 Å². The lowest BCUT2D eigenvalue weighted by atomic mass is 10.1. The number of rotatable bonds is 5. The molecule has 0 unspecified atom stereocenters. The second-order valence-corrected chi connectivity index (χ2v) is 8.40. The number of hydrazine groups is 1. The number of amides is 2. The van der Waals surface area contributed by atoms with Gasteiger partial charge >= 0.3 is 0 Å². The summed E-state index contributed by atoms with van der Waals surface area (Å²) < 4.78 is 27.2. The van der Waals surface area contributed by atoms with Crippen LogP contribution in [0.3, 0.4) is 0 Å². The summed E-state index contributed by atoms with van der Waals surface area (Å²) in [5.74, 6) is -1.14. The zero-order valence-electron chi connectivity index (χ0n) is 14.5. The van der Waals surface area contributed by atoms with E-state index in [0.29, 0.717) is 5.56 Å². The third kappa shape index (κ3) is 4.85. The molecular weight excluding hydrogens is 390 g/mol. The van der Waals surface area contributed by atoms with E-state index in [4.69, 9.17) is 11.6 Å². The maximum Gasteiger partial charge on any atom is 0.269 e. The van der Waals surface area contributed by atoms with Crippen LogP contribution in [0, 0.1) is 6.92 Å². The third-order valence-electron chi connectivity index (χ3n) is 3.99. The fourth-order valence-corrected chi connectivity index (χ4v) is 4.13. The Balaban J connectivity index is 1.70. The van der Waals surface area contributed by atoms with Crippen molar-refractivity contribution in [1.82, 2.24) is 15.6 Å². The summed E-state index contributed by atoms with van der Waals surface area (Å²) in [6.07, 6.45) is 1.56. The fourth-order valence-electron chi connectivity index (χ4n) is 2.30. The normalized spacial score (nSPS) is 13.9. The number of aryl methyl sites for hydroxylation is 1. The summed E-state index contributed by atoms with van der Waals surface area (Å²) in [5.41, 5.74) is 6.00. The summed E-state index contributed by atoms with van der Waals surface area (Å²) >= 11 is 5.99. The van der Waals surface area contributed by atoms with E-state index in [2.05, 4.69) is 15.6 Å². The molecule has 0 spiro atoms. The number of sulfonamides is 1. The number of hydrogen-bond acceptors (Lipinski definition) is 4. The van der Waals surface area contributed by atoms with Gasteiger partial charge in [-0.15, -0.1) is 0 Å². The first-order chi connectivity index (χ1) is 12.8. The van der Waals surface area contributed by atoms with Gasteiger partial charge in [0.2, 0.25) is 10.0 Å². The molecule has 2 aromatic carbocycles. The molecule has 0 saturated heterocycles. The number of carbonyl (C=O) groups excluding carboxylic acids is 2. The second-order valence-electron chi connectivity index (χ2n) is 6.32. The maximum absolute atomic E-state index is 12.4. The third-order valence-corrected chi connectivity index (χ3v) is 5.99. The minimum atomic E-state index is -3.81. The van der Waals surface area contributed by atoms with Gasteiger partial charge in [0.15, 0.2) is 0 Å². The average molecular weight is 408 g/mol. The van der Waals surface area contributed by atoms with Crippen molar-refractivity contribution in [1.29, 1.82) is 0 Å². The van der Waals surface area contributed by atoms with E-state index in [1.54, 1.807) is 24.3 Å². The summed E-state index contributed by atoms with van der Waals surface area (Å²) in [6, 6.07) is 10.6. The highest BCUT2D eigenvalue weighted by Crippen LogP contribution is 2.26. The van der Waals surface area contributed by atoms with Crippen molar-refractivity contribution < 1.29 is 18.0 Å². The van der Waals surface area contributed by atoms with Crippen LogP contribution in [0.25, 0.3) is 0 Å². The van der Waals surface area contributed by atoms with Crippen LogP contribution in [-0.2, 0) is 10.0 Å². The zero-order valence-corrected chi connectivity index (χ0v) is 16.0. The maximum atomic E-state index is 12.4. The van der Waals surface area contributed by atoms with Crippen LogP contribution in [0.5, 0.6) is 0 Å². The predicted molar refractivity (Wildman–Crippen MR) is 101 cm³/mol. The summed E-state index contributed by atoms with van der Waals surface area (Å²) in [6.45, 7) is 1.90. The van der Waals surface area contributed by atoms with E-state index in [-0.39, 0.29) is 21.5 Å². The molecule has 1 saturated carbocycles. The number of carbonyl (C=O) groups is 2. The van der Waals surface area contributed by atoms with Crippen molar-refractivity contribution in [2.24, 2.45) is 0 Å². The Kier molecular flexibility index (Phi) is 5.50. The second kappa shape index (κ2) is 7.67. The van der Waals surface area contributed by atoms with Gasteiger partial charge in [-0.25, -0.2) is 13.1 Å². The molecule has 0 aromatic heterocycles. The predicted octanol–water partition coefficient (Wildman–Crippen LogP) is 2.16. The smallest absolute Gasteiger partial charge is 0.267 e. The van der Waals surface area contributed by atoms with E-state index in [9.17, 15) is 18.0 Å². The van der Waals surface area contributed by atoms with Gasteiger partial charge in [-0.1, -0.05) is 29.3 Å². The van der Waals surface area contributed by atoms with Gasteiger partial charge in [0, 0.05) is 17.2 Å². The Morgan fingerprint density at radius 1 is 0.963 bits per heavy atom. The molecule has 0 heterocycles. The molecule has 0 aliphatic heterocycles. The van der Waals surface area contributed by atoms with E-state index < -0.39 is 21.8 Å². The van der Waals surface area contributed by atoms with Crippen LogP contribution in [0.15, 0.2) is 47.4 Å². The van der Waals surface area contributed by atoms with E-state index in [1.165, 1.54) is 18.2 Å². The highest BCUT2D eigenvalue weighted by atomic mass is 35.5. The highest BCUT2D eigenvalue weighted by molar-refractivity contribution is 7.89. The number of benzene rings is 2. The first-order valence-electron chi connectivity index (χ1n) is 8.25. The topological polar surface area (TPSA) is 104 Å². The number of hydrogen-bond donors (Lipinski definition) is 3. The Hall–Kier alpha value is -2.42. The van der Waals surface area contributed by atoms with Crippen LogP contribution in [-0.4, -0.2) is 26.3 Å². The lowest BCUT2D eigenvalue weighted by molar-refractivity contribution is 0.0846. The standard InChI is InChI=1S/C18H18ClN3O4S/c1-11-2-4-12(5-3-11)17(23)20-21-18(24)13-6-9-15(19)16(10-13)27(25,26)22-14-7-8-14/h2-6,9-10,14,22H,7-8H2,1H3,(H,20,23)(H,21,24). The number of halogens is 1. The molecular formula is C18H18ClN3O4S. The quantitative estimate of drug-likeness (QED) is 0.660. The number of nitrogens with one attached hydrogen (secondary N) is 3. The van der Waals surface area contributed by atoms with Gasteiger partial charge in [-0.3, -0.25) is 20.4 Å². The van der Waals surface area contributed by atoms with Crippen molar-refractivity contribution in [2.45, 2.75) is 30.7 Å². The van der Waals surface area contributed by atoms with Crippen molar-refractivity contribution in [3.63, 3.8) is 0 Å². The van der Waals surface area contributed by atoms with Crippen LogP contribution < -0.4 is 15.6 Å². The molecule has 0 bridgehead atoms. The van der Waals surface area contributed by atoms with Gasteiger partial charge in [0.1, 0.15) is 4.90 Å². The Labute approximate surface area is 162 Å². The summed E-state index contributed by atoms with van der Waals surface area (Å²) in [7, 11) is -3.81. The monoisotopic (exact) mass is 407 g/mol. The van der Waals surface area contributed by atoms with Crippen molar-refractivity contribution >= 4 is 33.4 Å². The largest absolute Gasteiger partial charge is 0.269 e. The molecule has 142 valence electrons. The van der Waals surface area contributed by atoms with Crippen molar-refractivity contribution in [3.8, 4) is 0 Å². The van der Waals surface area contributed by atoms with Crippen LogP contribution in [0.2, 0.25) is 5.02 Å². The molecule has 3 N–H and O–H groups in total. The SMILES string of the molecule is Cc1ccc(C(=O)NNC(=O)c2ccc(Cl)c(S(=O)(=O)NC3CC3)c2)cc1. The van der Waals surface area contributed by atoms with E-state index >= 15 is 0 Å². The molecule has 2 amide bonds. The molecule has 1 fully saturated rings. The molecule has 7 nitrogen and oxygen atoms in total. The molecule has 9 heteroatoms. The Morgan fingerprint density at radius 3 is 2.11 bits per heavy atom. The minimum absolute atomic E-state index is 0.0170. The fraction of sp³-hybridized carbons (Fsp3) is 0.222. The average Bonchev–Trinajstić information content (AvgIpc) is 3.43. The van der Waals surface area contributed by atoms with Crippen LogP contribution >= 0.6 is 11.6 Å². The molecule has 1 aliphatic rings. The van der Waals surface area contributed by atoms with Crippen molar-refractivity contribution in [2.75, 3.05) is 0 Å². The van der Waals surface area contributed by atoms with Gasteiger partial charge in [-0.2, -0.15) is 0 Å². The van der Waals surface area contributed by atoms with Crippen LogP contribution in [0.4, 0.5) is 0 Å². The summed E-state index contributed by atoms with van der Waals surface area (Å²) in [4.78, 5) is 24.2. The molecule has 3 rings (SSSR count). The first kappa shape index (κ1) is 19.3. The van der Waals surface area contributed by atoms with Gasteiger partial charge in [-0.05, 0) is 50.1 Å². The molecule has 0 radical (unpaired) electrons. The highest BCUT2D eigenvalue weighted by Gasteiger charge is 2.29. The first-order valence-corrected chi connectivity index (χ1v) is 10.1.